The Morgan fingerprint density at radius 1 is 1.42 bits per heavy atom. The van der Waals surface area contributed by atoms with E-state index in [0.29, 0.717) is 6.04 Å². The zero-order chi connectivity index (χ0) is 13.1. The van der Waals surface area contributed by atoms with Crippen molar-refractivity contribution in [1.82, 2.24) is 20.1 Å². The number of aryl methyl sites for hydroxylation is 1. The Labute approximate surface area is 112 Å². The van der Waals surface area contributed by atoms with Gasteiger partial charge in [-0.3, -0.25) is 9.67 Å². The van der Waals surface area contributed by atoms with Gasteiger partial charge in [-0.2, -0.15) is 5.10 Å². The maximum Gasteiger partial charge on any atom is 0.165 e. The number of ether oxygens (including phenoxy) is 1. The van der Waals surface area contributed by atoms with Crippen molar-refractivity contribution >= 4 is 0 Å². The number of aromatic nitrogens is 3. The molecule has 5 heteroatoms. The Bertz CT molecular complexity index is 548. The summed E-state index contributed by atoms with van der Waals surface area (Å²) in [7, 11) is 0. The van der Waals surface area contributed by atoms with Crippen LogP contribution in [0.4, 0.5) is 0 Å². The zero-order valence-electron chi connectivity index (χ0n) is 11.0. The summed E-state index contributed by atoms with van der Waals surface area (Å²) in [5, 5.41) is 7.68. The number of pyridine rings is 1. The van der Waals surface area contributed by atoms with Crippen molar-refractivity contribution in [1.29, 1.82) is 0 Å². The average Bonchev–Trinajstić information content (AvgIpc) is 3.16. The Hall–Kier alpha value is -1.88. The maximum absolute atomic E-state index is 5.88. The summed E-state index contributed by atoms with van der Waals surface area (Å²) in [4.78, 5) is 4.17. The second kappa shape index (κ2) is 5.40. The smallest absolute Gasteiger partial charge is 0.165 e. The van der Waals surface area contributed by atoms with Crippen molar-refractivity contribution in [3.63, 3.8) is 0 Å². The van der Waals surface area contributed by atoms with Gasteiger partial charge in [0.05, 0.1) is 12.4 Å². The fourth-order valence-corrected chi connectivity index (χ4v) is 1.89. The van der Waals surface area contributed by atoms with Gasteiger partial charge >= 0.3 is 0 Å². The summed E-state index contributed by atoms with van der Waals surface area (Å²) in [6, 6.07) is 2.57. The van der Waals surface area contributed by atoms with Crippen molar-refractivity contribution in [3.05, 3.63) is 36.4 Å². The highest BCUT2D eigenvalue weighted by Gasteiger charge is 2.20. The van der Waals surface area contributed by atoms with E-state index in [0.717, 1.165) is 30.2 Å². The first-order valence-electron chi connectivity index (χ1n) is 6.71. The summed E-state index contributed by atoms with van der Waals surface area (Å²) < 4.78 is 7.73. The molecule has 0 aliphatic heterocycles. The van der Waals surface area contributed by atoms with Gasteiger partial charge in [-0.15, -0.1) is 0 Å². The summed E-state index contributed by atoms with van der Waals surface area (Å²) in [5.74, 6) is 1.61. The molecule has 1 aliphatic rings. The molecular formula is C14H18N4O. The zero-order valence-corrected chi connectivity index (χ0v) is 11.0. The predicted molar refractivity (Wildman–Crippen MR) is 72.1 cm³/mol. The van der Waals surface area contributed by atoms with Crippen molar-refractivity contribution in [2.45, 2.75) is 38.9 Å². The van der Waals surface area contributed by atoms with Crippen LogP contribution in [0.2, 0.25) is 0 Å². The lowest BCUT2D eigenvalue weighted by atomic mass is 10.2. The topological polar surface area (TPSA) is 52.0 Å². The van der Waals surface area contributed by atoms with Crippen LogP contribution in [-0.2, 0) is 13.1 Å². The number of hydrogen-bond donors (Lipinski definition) is 1. The van der Waals surface area contributed by atoms with E-state index in [1.54, 1.807) is 12.4 Å². The molecule has 19 heavy (non-hydrogen) atoms. The van der Waals surface area contributed by atoms with Gasteiger partial charge in [0.2, 0.25) is 0 Å². The standard InChI is InChI=1S/C14H18N4O/c1-2-18-10-13(9-17-18)19-14-5-6-15-7-11(14)8-16-12-3-4-12/h5-7,9-10,12,16H,2-4,8H2,1H3. The average molecular weight is 258 g/mol. The first-order valence-corrected chi connectivity index (χ1v) is 6.71. The minimum atomic E-state index is 0.677. The molecule has 0 atom stereocenters. The molecule has 5 nitrogen and oxygen atoms in total. The third-order valence-corrected chi connectivity index (χ3v) is 3.18. The quantitative estimate of drug-likeness (QED) is 0.864. The first-order chi connectivity index (χ1) is 9.35. The molecular weight excluding hydrogens is 240 g/mol. The van der Waals surface area contributed by atoms with Crippen LogP contribution in [-0.4, -0.2) is 20.8 Å². The molecule has 1 fully saturated rings. The third kappa shape index (κ3) is 3.12. The van der Waals surface area contributed by atoms with Crippen LogP contribution in [0.25, 0.3) is 0 Å². The lowest BCUT2D eigenvalue weighted by Crippen LogP contribution is -2.15. The van der Waals surface area contributed by atoms with Crippen molar-refractivity contribution in [2.24, 2.45) is 0 Å². The second-order valence-corrected chi connectivity index (χ2v) is 4.77. The van der Waals surface area contributed by atoms with E-state index in [1.807, 2.05) is 30.1 Å². The molecule has 0 radical (unpaired) electrons. The van der Waals surface area contributed by atoms with Crippen LogP contribution >= 0.6 is 0 Å². The van der Waals surface area contributed by atoms with Gasteiger partial charge in [-0.05, 0) is 25.8 Å². The molecule has 1 aliphatic carbocycles. The summed E-state index contributed by atoms with van der Waals surface area (Å²) in [6.07, 6.45) is 9.80. The Kier molecular flexibility index (Phi) is 3.46. The van der Waals surface area contributed by atoms with Gasteiger partial charge in [0.15, 0.2) is 5.75 Å². The lowest BCUT2D eigenvalue weighted by molar-refractivity contribution is 0.470. The fraction of sp³-hybridized carbons (Fsp3) is 0.429. The van der Waals surface area contributed by atoms with Crippen LogP contribution in [0.1, 0.15) is 25.3 Å². The van der Waals surface area contributed by atoms with E-state index in [9.17, 15) is 0 Å². The first kappa shape index (κ1) is 12.2. The van der Waals surface area contributed by atoms with Crippen molar-refractivity contribution < 1.29 is 4.74 Å². The number of nitrogens with one attached hydrogen (secondary N) is 1. The highest BCUT2D eigenvalue weighted by Crippen LogP contribution is 2.25. The molecule has 2 aromatic rings. The van der Waals surface area contributed by atoms with E-state index in [2.05, 4.69) is 15.4 Å². The minimum absolute atomic E-state index is 0.677. The molecule has 1 saturated carbocycles. The summed E-state index contributed by atoms with van der Waals surface area (Å²) in [5.41, 5.74) is 1.08. The van der Waals surface area contributed by atoms with Crippen LogP contribution in [0.15, 0.2) is 30.9 Å². The SMILES string of the molecule is CCn1cc(Oc2ccncc2CNC2CC2)cn1. The Morgan fingerprint density at radius 3 is 3.05 bits per heavy atom. The van der Waals surface area contributed by atoms with E-state index in [4.69, 9.17) is 4.74 Å². The predicted octanol–water partition coefficient (Wildman–Crippen LogP) is 2.34. The van der Waals surface area contributed by atoms with Gasteiger partial charge in [0.25, 0.3) is 0 Å². The van der Waals surface area contributed by atoms with E-state index in [-0.39, 0.29) is 0 Å². The van der Waals surface area contributed by atoms with Crippen LogP contribution in [0.5, 0.6) is 11.5 Å². The van der Waals surface area contributed by atoms with Gasteiger partial charge in [-0.25, -0.2) is 0 Å². The Morgan fingerprint density at radius 2 is 2.32 bits per heavy atom. The molecule has 1 N–H and O–H groups in total. The minimum Gasteiger partial charge on any atom is -0.454 e. The van der Waals surface area contributed by atoms with E-state index >= 15 is 0 Å². The number of hydrogen-bond acceptors (Lipinski definition) is 4. The van der Waals surface area contributed by atoms with Gasteiger partial charge in [-0.1, -0.05) is 0 Å². The van der Waals surface area contributed by atoms with Crippen molar-refractivity contribution in [2.75, 3.05) is 0 Å². The van der Waals surface area contributed by atoms with E-state index in [1.165, 1.54) is 12.8 Å². The molecule has 0 aromatic carbocycles. The van der Waals surface area contributed by atoms with Gasteiger partial charge in [0, 0.05) is 37.1 Å². The molecule has 3 rings (SSSR count). The molecule has 2 aromatic heterocycles. The number of rotatable bonds is 6. The molecule has 0 spiro atoms. The summed E-state index contributed by atoms with van der Waals surface area (Å²) in [6.45, 7) is 3.69. The molecule has 0 bridgehead atoms. The molecule has 0 amide bonds. The van der Waals surface area contributed by atoms with Gasteiger partial charge in [0.1, 0.15) is 5.75 Å². The lowest BCUT2D eigenvalue weighted by Gasteiger charge is -2.09. The fourth-order valence-electron chi connectivity index (χ4n) is 1.89. The van der Waals surface area contributed by atoms with Crippen LogP contribution in [0.3, 0.4) is 0 Å². The van der Waals surface area contributed by atoms with Crippen LogP contribution in [0, 0.1) is 0 Å². The third-order valence-electron chi connectivity index (χ3n) is 3.18. The molecule has 100 valence electrons. The number of nitrogens with zero attached hydrogens (tertiary/aromatic N) is 3. The molecule has 2 heterocycles. The summed E-state index contributed by atoms with van der Waals surface area (Å²) >= 11 is 0. The Balaban J connectivity index is 1.71. The van der Waals surface area contributed by atoms with Crippen molar-refractivity contribution in [3.8, 4) is 11.5 Å². The largest absolute Gasteiger partial charge is 0.454 e. The second-order valence-electron chi connectivity index (χ2n) is 4.77. The maximum atomic E-state index is 5.88. The molecule has 0 saturated heterocycles. The monoisotopic (exact) mass is 258 g/mol. The normalized spacial score (nSPS) is 14.6. The molecule has 0 unspecified atom stereocenters. The highest BCUT2D eigenvalue weighted by molar-refractivity contribution is 5.34. The highest BCUT2D eigenvalue weighted by atomic mass is 16.5. The van der Waals surface area contributed by atoms with Crippen LogP contribution < -0.4 is 10.1 Å². The van der Waals surface area contributed by atoms with E-state index < -0.39 is 0 Å². The van der Waals surface area contributed by atoms with Gasteiger partial charge < -0.3 is 10.1 Å².